The van der Waals surface area contributed by atoms with Crippen molar-refractivity contribution in [2.75, 3.05) is 17.3 Å². The number of pyridine rings is 1. The van der Waals surface area contributed by atoms with E-state index in [1.807, 2.05) is 23.9 Å². The third-order valence-corrected chi connectivity index (χ3v) is 2.57. The third kappa shape index (κ3) is 3.87. The summed E-state index contributed by atoms with van der Waals surface area (Å²) >= 11 is 7.56. The second kappa shape index (κ2) is 5.35. The Morgan fingerprint density at radius 2 is 2.38 bits per heavy atom. The summed E-state index contributed by atoms with van der Waals surface area (Å²) in [5.74, 6) is 1.91. The van der Waals surface area contributed by atoms with Crippen molar-refractivity contribution in [3.05, 3.63) is 23.4 Å². The molecule has 0 aliphatic carbocycles. The molecular formula is C9H13ClN2S. The van der Waals surface area contributed by atoms with Gasteiger partial charge in [0.1, 0.15) is 11.0 Å². The van der Waals surface area contributed by atoms with Crippen LogP contribution in [0.1, 0.15) is 6.92 Å². The number of rotatable bonds is 4. The molecule has 0 aliphatic rings. The van der Waals surface area contributed by atoms with E-state index in [0.717, 1.165) is 11.6 Å². The first-order valence-electron chi connectivity index (χ1n) is 4.10. The van der Waals surface area contributed by atoms with Crippen molar-refractivity contribution in [3.63, 3.8) is 0 Å². The molecule has 0 aliphatic heterocycles. The zero-order valence-electron chi connectivity index (χ0n) is 7.75. The molecule has 0 saturated carbocycles. The number of anilines is 1. The lowest BCUT2D eigenvalue weighted by Crippen LogP contribution is -2.18. The molecule has 0 bridgehead atoms. The molecule has 0 saturated heterocycles. The number of nitrogens with one attached hydrogen (secondary N) is 1. The number of thioether (sulfide) groups is 1. The maximum absolute atomic E-state index is 5.75. The Hall–Kier alpha value is -0.410. The fourth-order valence-electron chi connectivity index (χ4n) is 1.03. The molecule has 0 aromatic carbocycles. The molecule has 13 heavy (non-hydrogen) atoms. The first-order valence-corrected chi connectivity index (χ1v) is 5.87. The van der Waals surface area contributed by atoms with Crippen LogP contribution >= 0.6 is 23.4 Å². The van der Waals surface area contributed by atoms with Gasteiger partial charge < -0.3 is 5.32 Å². The van der Waals surface area contributed by atoms with E-state index < -0.39 is 0 Å². The summed E-state index contributed by atoms with van der Waals surface area (Å²) in [6.45, 7) is 2.12. The van der Waals surface area contributed by atoms with E-state index >= 15 is 0 Å². The second-order valence-corrected chi connectivity index (χ2v) is 4.14. The molecule has 2 nitrogen and oxygen atoms in total. The average Bonchev–Trinajstić information content (AvgIpc) is 2.04. The zero-order valence-corrected chi connectivity index (χ0v) is 9.32. The van der Waals surface area contributed by atoms with Crippen LogP contribution in [0.3, 0.4) is 0 Å². The lowest BCUT2D eigenvalue weighted by Gasteiger charge is -2.12. The SMILES string of the molecule is CSCC(C)Nc1cccc(Cl)n1. The lowest BCUT2D eigenvalue weighted by molar-refractivity contribution is 0.903. The Morgan fingerprint density at radius 1 is 1.62 bits per heavy atom. The maximum atomic E-state index is 5.75. The van der Waals surface area contributed by atoms with Gasteiger partial charge in [-0.05, 0) is 25.3 Å². The third-order valence-electron chi connectivity index (χ3n) is 1.53. The van der Waals surface area contributed by atoms with Gasteiger partial charge in [-0.3, -0.25) is 0 Å². The molecule has 0 radical (unpaired) electrons. The summed E-state index contributed by atoms with van der Waals surface area (Å²) in [5.41, 5.74) is 0. The van der Waals surface area contributed by atoms with Gasteiger partial charge in [0, 0.05) is 11.8 Å². The highest BCUT2D eigenvalue weighted by molar-refractivity contribution is 7.98. The number of hydrogen-bond acceptors (Lipinski definition) is 3. The van der Waals surface area contributed by atoms with Gasteiger partial charge >= 0.3 is 0 Å². The van der Waals surface area contributed by atoms with Crippen molar-refractivity contribution < 1.29 is 0 Å². The van der Waals surface area contributed by atoms with Gasteiger partial charge in [-0.1, -0.05) is 17.7 Å². The molecule has 1 heterocycles. The van der Waals surface area contributed by atoms with Crippen LogP contribution in [0, 0.1) is 0 Å². The fraction of sp³-hybridized carbons (Fsp3) is 0.444. The molecule has 0 spiro atoms. The summed E-state index contributed by atoms with van der Waals surface area (Å²) in [6, 6.07) is 6.00. The highest BCUT2D eigenvalue weighted by atomic mass is 35.5. The highest BCUT2D eigenvalue weighted by Gasteiger charge is 2.01. The average molecular weight is 217 g/mol. The smallest absolute Gasteiger partial charge is 0.131 e. The van der Waals surface area contributed by atoms with Crippen molar-refractivity contribution in [1.29, 1.82) is 0 Å². The first-order chi connectivity index (χ1) is 6.22. The molecule has 1 unspecified atom stereocenters. The number of halogens is 1. The van der Waals surface area contributed by atoms with E-state index in [9.17, 15) is 0 Å². The predicted octanol–water partition coefficient (Wildman–Crippen LogP) is 2.90. The van der Waals surface area contributed by atoms with E-state index in [4.69, 9.17) is 11.6 Å². The predicted molar refractivity (Wildman–Crippen MR) is 60.7 cm³/mol. The van der Waals surface area contributed by atoms with Crippen LogP contribution in [0.15, 0.2) is 18.2 Å². The molecule has 1 atom stereocenters. The van der Waals surface area contributed by atoms with Crippen molar-refractivity contribution in [1.82, 2.24) is 4.98 Å². The summed E-state index contributed by atoms with van der Waals surface area (Å²) in [6.07, 6.45) is 2.09. The van der Waals surface area contributed by atoms with E-state index in [2.05, 4.69) is 23.5 Å². The molecule has 1 rings (SSSR count). The Morgan fingerprint density at radius 3 is 3.00 bits per heavy atom. The maximum Gasteiger partial charge on any atom is 0.131 e. The van der Waals surface area contributed by atoms with Crippen molar-refractivity contribution in [2.45, 2.75) is 13.0 Å². The summed E-state index contributed by atoms with van der Waals surface area (Å²) in [4.78, 5) is 4.14. The molecule has 4 heteroatoms. The van der Waals surface area contributed by atoms with E-state index in [-0.39, 0.29) is 0 Å². The topological polar surface area (TPSA) is 24.9 Å². The van der Waals surface area contributed by atoms with Crippen LogP contribution in [0.25, 0.3) is 0 Å². The van der Waals surface area contributed by atoms with Crippen LogP contribution in [0.5, 0.6) is 0 Å². The van der Waals surface area contributed by atoms with Crippen LogP contribution < -0.4 is 5.32 Å². The van der Waals surface area contributed by atoms with Crippen molar-refractivity contribution >= 4 is 29.2 Å². The van der Waals surface area contributed by atoms with Gasteiger partial charge in [0.05, 0.1) is 0 Å². The minimum absolute atomic E-state index is 0.418. The quantitative estimate of drug-likeness (QED) is 0.784. The standard InChI is InChI=1S/C9H13ClN2S/c1-7(6-13-2)11-9-5-3-4-8(10)12-9/h3-5,7H,6H2,1-2H3,(H,11,12). The van der Waals surface area contributed by atoms with Gasteiger partial charge in [-0.15, -0.1) is 0 Å². The summed E-state index contributed by atoms with van der Waals surface area (Å²) < 4.78 is 0. The molecule has 1 N–H and O–H groups in total. The van der Waals surface area contributed by atoms with E-state index in [0.29, 0.717) is 11.2 Å². The second-order valence-electron chi connectivity index (χ2n) is 2.85. The van der Waals surface area contributed by atoms with Gasteiger partial charge in [0.25, 0.3) is 0 Å². The molecule has 0 amide bonds. The Bertz CT molecular complexity index is 268. The Balaban J connectivity index is 2.53. The minimum atomic E-state index is 0.418. The van der Waals surface area contributed by atoms with Gasteiger partial charge in [-0.25, -0.2) is 4.98 Å². The van der Waals surface area contributed by atoms with E-state index in [1.54, 1.807) is 6.07 Å². The summed E-state index contributed by atoms with van der Waals surface area (Å²) in [7, 11) is 0. The lowest BCUT2D eigenvalue weighted by atomic mass is 10.4. The largest absolute Gasteiger partial charge is 0.367 e. The van der Waals surface area contributed by atoms with Gasteiger partial charge in [-0.2, -0.15) is 11.8 Å². The Kier molecular flexibility index (Phi) is 4.39. The van der Waals surface area contributed by atoms with Crippen LogP contribution in [-0.2, 0) is 0 Å². The molecule has 1 aromatic rings. The zero-order chi connectivity index (χ0) is 9.68. The number of aromatic nitrogens is 1. The van der Waals surface area contributed by atoms with Gasteiger partial charge in [0.15, 0.2) is 0 Å². The minimum Gasteiger partial charge on any atom is -0.367 e. The number of nitrogens with zero attached hydrogens (tertiary/aromatic N) is 1. The summed E-state index contributed by atoms with van der Waals surface area (Å²) in [5, 5.41) is 3.80. The first kappa shape index (κ1) is 10.7. The number of hydrogen-bond donors (Lipinski definition) is 1. The monoisotopic (exact) mass is 216 g/mol. The van der Waals surface area contributed by atoms with Crippen molar-refractivity contribution in [3.8, 4) is 0 Å². The fourth-order valence-corrected chi connectivity index (χ4v) is 1.78. The van der Waals surface area contributed by atoms with Crippen LogP contribution in [0.4, 0.5) is 5.82 Å². The van der Waals surface area contributed by atoms with Gasteiger partial charge in [0.2, 0.25) is 0 Å². The van der Waals surface area contributed by atoms with Crippen LogP contribution in [-0.4, -0.2) is 23.0 Å². The normalized spacial score (nSPS) is 12.5. The van der Waals surface area contributed by atoms with Crippen LogP contribution in [0.2, 0.25) is 5.15 Å². The molecular weight excluding hydrogens is 204 g/mol. The highest BCUT2D eigenvalue weighted by Crippen LogP contribution is 2.11. The van der Waals surface area contributed by atoms with E-state index in [1.165, 1.54) is 0 Å². The van der Waals surface area contributed by atoms with Crippen molar-refractivity contribution in [2.24, 2.45) is 0 Å². The molecule has 0 fully saturated rings. The molecule has 72 valence electrons. The molecule has 1 aromatic heterocycles. The Labute approximate surface area is 88.1 Å².